The molecule has 1 atom stereocenters. The molecule has 3 aromatic rings. The topological polar surface area (TPSA) is 191 Å². The van der Waals surface area contributed by atoms with Crippen molar-refractivity contribution in [2.45, 2.75) is 168 Å². The van der Waals surface area contributed by atoms with E-state index in [4.69, 9.17) is 15.2 Å². The molecule has 2 heterocycles. The average molecular weight is 778 g/mol. The quantitative estimate of drug-likeness (QED) is 0.0361. The number of nitrogens with one attached hydrogen (secondary N) is 3. The number of nitrogens with two attached hydrogens (primary N) is 1. The fourth-order valence-corrected chi connectivity index (χ4v) is 6.45. The number of carbonyl (C=O) groups is 3. The fourth-order valence-electron chi connectivity index (χ4n) is 6.45. The summed E-state index contributed by atoms with van der Waals surface area (Å²) in [5.41, 5.74) is 6.91. The van der Waals surface area contributed by atoms with E-state index in [1.165, 1.54) is 96.1 Å². The molecule has 0 saturated carbocycles. The van der Waals surface area contributed by atoms with Crippen LogP contribution in [0.15, 0.2) is 35.3 Å². The molecule has 0 saturated heterocycles. The van der Waals surface area contributed by atoms with E-state index < -0.39 is 23.5 Å². The Hall–Kier alpha value is -4.55. The number of rotatable bonds is 31. The van der Waals surface area contributed by atoms with Gasteiger partial charge >= 0.3 is 11.9 Å². The standard InChI is InChI=1S/C43H67N7O6/c1-3-5-7-9-11-13-15-17-19-21-29-55-37(51)28-27-36(42(54)56-30-22-20-18-16-14-12-10-8-6-4-2)48-40(52)33-23-25-34(26-24-33)45-31-35-32-46-39-38(47-35)41(53)50-43(44)49-39/h23-26,32,36,45H,3-22,27-31H2,1-2H3,(H,48,52)(H3,44,46,49,50,53)/t36-/m0/s1. The van der Waals surface area contributed by atoms with Gasteiger partial charge in [-0.1, -0.05) is 129 Å². The van der Waals surface area contributed by atoms with Crippen LogP contribution in [0, 0.1) is 0 Å². The molecule has 0 aliphatic rings. The molecular weight excluding hydrogens is 711 g/mol. The van der Waals surface area contributed by atoms with Crippen LogP contribution in [0.2, 0.25) is 0 Å². The summed E-state index contributed by atoms with van der Waals surface area (Å²) in [6.07, 6.45) is 25.2. The zero-order valence-electron chi connectivity index (χ0n) is 34.0. The van der Waals surface area contributed by atoms with Gasteiger partial charge in [0.1, 0.15) is 6.04 Å². The van der Waals surface area contributed by atoms with Crippen molar-refractivity contribution in [1.82, 2.24) is 25.3 Å². The van der Waals surface area contributed by atoms with Crippen molar-refractivity contribution < 1.29 is 23.9 Å². The Balaban J connectivity index is 1.45. The summed E-state index contributed by atoms with van der Waals surface area (Å²) in [5.74, 6) is -1.43. The maximum atomic E-state index is 13.3. The largest absolute Gasteiger partial charge is 0.466 e. The molecule has 56 heavy (non-hydrogen) atoms. The van der Waals surface area contributed by atoms with Crippen LogP contribution < -0.4 is 21.9 Å². The third kappa shape index (κ3) is 18.9. The van der Waals surface area contributed by atoms with Crippen LogP contribution in [-0.4, -0.2) is 57.0 Å². The predicted octanol–water partition coefficient (Wildman–Crippen LogP) is 8.71. The summed E-state index contributed by atoms with van der Waals surface area (Å²) >= 11 is 0. The van der Waals surface area contributed by atoms with Crippen LogP contribution in [-0.2, 0) is 25.6 Å². The van der Waals surface area contributed by atoms with Crippen molar-refractivity contribution in [3.63, 3.8) is 0 Å². The number of anilines is 2. The zero-order valence-corrected chi connectivity index (χ0v) is 34.0. The molecule has 0 bridgehead atoms. The number of esters is 2. The predicted molar refractivity (Wildman–Crippen MR) is 222 cm³/mol. The SMILES string of the molecule is CCCCCCCCCCCCOC(=O)CC[C@H](NC(=O)c1ccc(NCc2cnc3nc(N)[nH]c(=O)c3n2)cc1)C(=O)OCCCCCCCCCCCC. The minimum Gasteiger partial charge on any atom is -0.466 e. The van der Waals surface area contributed by atoms with Gasteiger partial charge in [-0.25, -0.2) is 14.8 Å². The van der Waals surface area contributed by atoms with Gasteiger partial charge in [0.05, 0.1) is 31.6 Å². The number of nitrogen functional groups attached to an aromatic ring is 1. The first-order valence-electron chi connectivity index (χ1n) is 21.3. The van der Waals surface area contributed by atoms with Crippen LogP contribution in [0.5, 0.6) is 0 Å². The number of hydrogen-bond donors (Lipinski definition) is 4. The van der Waals surface area contributed by atoms with Gasteiger partial charge in [0, 0.05) is 17.7 Å². The van der Waals surface area contributed by atoms with E-state index in [0.29, 0.717) is 23.6 Å². The van der Waals surface area contributed by atoms with Gasteiger partial charge < -0.3 is 25.8 Å². The number of carbonyl (C=O) groups excluding carboxylic acids is 3. The highest BCUT2D eigenvalue weighted by atomic mass is 16.5. The van der Waals surface area contributed by atoms with E-state index in [1.54, 1.807) is 24.3 Å². The van der Waals surface area contributed by atoms with Crippen LogP contribution in [0.25, 0.3) is 11.2 Å². The summed E-state index contributed by atoms with van der Waals surface area (Å²) in [6, 6.07) is 5.72. The molecule has 1 amide bonds. The van der Waals surface area contributed by atoms with Crippen LogP contribution in [0.1, 0.15) is 171 Å². The summed E-state index contributed by atoms with van der Waals surface area (Å²) in [7, 11) is 0. The fraction of sp³-hybridized carbons (Fsp3) is 0.651. The van der Waals surface area contributed by atoms with Crippen molar-refractivity contribution in [2.75, 3.05) is 24.3 Å². The van der Waals surface area contributed by atoms with Crippen molar-refractivity contribution in [2.24, 2.45) is 0 Å². The first kappa shape index (κ1) is 45.8. The van der Waals surface area contributed by atoms with Crippen LogP contribution in [0.4, 0.5) is 11.6 Å². The van der Waals surface area contributed by atoms with E-state index in [0.717, 1.165) is 38.5 Å². The number of nitrogens with zero attached hydrogens (tertiary/aromatic N) is 3. The Labute approximate surface area is 333 Å². The van der Waals surface area contributed by atoms with E-state index in [2.05, 4.69) is 44.4 Å². The number of hydrogen-bond acceptors (Lipinski definition) is 11. The van der Waals surface area contributed by atoms with Gasteiger partial charge in [-0.2, -0.15) is 4.98 Å². The smallest absolute Gasteiger partial charge is 0.328 e. The Morgan fingerprint density at radius 2 is 1.27 bits per heavy atom. The van der Waals surface area contributed by atoms with Gasteiger partial charge in [0.25, 0.3) is 11.5 Å². The van der Waals surface area contributed by atoms with E-state index >= 15 is 0 Å². The third-order valence-electron chi connectivity index (χ3n) is 9.84. The first-order valence-corrected chi connectivity index (χ1v) is 21.3. The third-order valence-corrected chi connectivity index (χ3v) is 9.84. The molecule has 310 valence electrons. The molecule has 13 heteroatoms. The number of benzene rings is 1. The number of ether oxygens (including phenoxy) is 2. The number of aromatic nitrogens is 4. The second kappa shape index (κ2) is 27.9. The van der Waals surface area contributed by atoms with Gasteiger partial charge in [-0.3, -0.25) is 19.4 Å². The maximum Gasteiger partial charge on any atom is 0.328 e. The Bertz CT molecular complexity index is 1630. The van der Waals surface area contributed by atoms with Gasteiger partial charge in [0.2, 0.25) is 5.95 Å². The molecule has 0 radical (unpaired) electrons. The summed E-state index contributed by atoms with van der Waals surface area (Å²) in [4.78, 5) is 66.2. The second-order valence-electron chi connectivity index (χ2n) is 14.7. The number of H-pyrrole nitrogens is 1. The van der Waals surface area contributed by atoms with E-state index in [-0.39, 0.29) is 49.1 Å². The normalized spacial score (nSPS) is 11.7. The average Bonchev–Trinajstić information content (AvgIpc) is 3.19. The van der Waals surface area contributed by atoms with Crippen molar-refractivity contribution in [3.05, 3.63) is 52.1 Å². The van der Waals surface area contributed by atoms with Gasteiger partial charge in [-0.05, 0) is 43.5 Å². The molecule has 13 nitrogen and oxygen atoms in total. The van der Waals surface area contributed by atoms with Crippen molar-refractivity contribution in [3.8, 4) is 0 Å². The second-order valence-corrected chi connectivity index (χ2v) is 14.7. The maximum absolute atomic E-state index is 13.3. The molecule has 3 rings (SSSR count). The van der Waals surface area contributed by atoms with Crippen LogP contribution >= 0.6 is 0 Å². The van der Waals surface area contributed by atoms with Crippen molar-refractivity contribution >= 4 is 40.6 Å². The molecule has 2 aromatic heterocycles. The molecule has 0 fully saturated rings. The molecule has 0 spiro atoms. The molecule has 0 aliphatic heterocycles. The lowest BCUT2D eigenvalue weighted by atomic mass is 10.1. The lowest BCUT2D eigenvalue weighted by Crippen LogP contribution is -2.42. The van der Waals surface area contributed by atoms with E-state index in [1.807, 2.05) is 0 Å². The lowest BCUT2D eigenvalue weighted by Gasteiger charge is -2.18. The number of unbranched alkanes of at least 4 members (excludes halogenated alkanes) is 18. The Morgan fingerprint density at radius 1 is 0.732 bits per heavy atom. The highest BCUT2D eigenvalue weighted by molar-refractivity contribution is 5.97. The number of aromatic amines is 1. The Kier molecular flexibility index (Phi) is 22.9. The lowest BCUT2D eigenvalue weighted by molar-refractivity contribution is -0.147. The minimum atomic E-state index is -0.993. The van der Waals surface area contributed by atoms with Gasteiger partial charge in [0.15, 0.2) is 11.2 Å². The molecule has 0 unspecified atom stereocenters. The minimum absolute atomic E-state index is 0.00803. The monoisotopic (exact) mass is 778 g/mol. The molecule has 1 aromatic carbocycles. The summed E-state index contributed by atoms with van der Waals surface area (Å²) in [6.45, 7) is 5.35. The van der Waals surface area contributed by atoms with Gasteiger partial charge in [-0.15, -0.1) is 0 Å². The van der Waals surface area contributed by atoms with Crippen LogP contribution in [0.3, 0.4) is 0 Å². The number of fused-ring (bicyclic) bond motifs is 1. The molecule has 5 N–H and O–H groups in total. The number of amides is 1. The zero-order chi connectivity index (χ0) is 40.2. The highest BCUT2D eigenvalue weighted by Gasteiger charge is 2.24. The summed E-state index contributed by atoms with van der Waals surface area (Å²) < 4.78 is 11.1. The molecular formula is C43H67N7O6. The Morgan fingerprint density at radius 3 is 1.84 bits per heavy atom. The summed E-state index contributed by atoms with van der Waals surface area (Å²) in [5, 5.41) is 5.98. The highest BCUT2D eigenvalue weighted by Crippen LogP contribution is 2.15. The van der Waals surface area contributed by atoms with Crippen molar-refractivity contribution in [1.29, 1.82) is 0 Å². The van der Waals surface area contributed by atoms with E-state index in [9.17, 15) is 19.2 Å². The first-order chi connectivity index (χ1) is 27.3. The molecule has 0 aliphatic carbocycles.